The summed E-state index contributed by atoms with van der Waals surface area (Å²) in [6.45, 7) is 0. The van der Waals surface area contributed by atoms with E-state index in [0.717, 1.165) is 12.1 Å². The lowest BCUT2D eigenvalue weighted by Crippen LogP contribution is -2.00. The Labute approximate surface area is 106 Å². The van der Waals surface area contributed by atoms with Crippen molar-refractivity contribution in [2.24, 2.45) is 0 Å². The summed E-state index contributed by atoms with van der Waals surface area (Å²) < 4.78 is 9.35. The first kappa shape index (κ1) is 12.6. The predicted molar refractivity (Wildman–Crippen MR) is 61.6 cm³/mol. The number of methoxy groups -OCH3 is 1. The van der Waals surface area contributed by atoms with Gasteiger partial charge in [0.15, 0.2) is 17.2 Å². The Kier molecular flexibility index (Phi) is 3.15. The fraction of sp³-hybridized carbons (Fsp3) is 0.0909. The Hall–Kier alpha value is -2.90. The Morgan fingerprint density at radius 2 is 2.21 bits per heavy atom. The molecule has 0 amide bonds. The van der Waals surface area contributed by atoms with E-state index in [0.29, 0.717) is 5.56 Å². The topological polar surface area (TPSA) is 116 Å². The number of esters is 1. The number of benzene rings is 1. The second kappa shape index (κ2) is 4.77. The first-order valence-electron chi connectivity index (χ1n) is 5.05. The van der Waals surface area contributed by atoms with E-state index >= 15 is 0 Å². The summed E-state index contributed by atoms with van der Waals surface area (Å²) in [6.07, 6.45) is 0. The average molecular weight is 264 g/mol. The second-order valence-electron chi connectivity index (χ2n) is 3.53. The van der Waals surface area contributed by atoms with E-state index in [9.17, 15) is 20.0 Å². The van der Waals surface area contributed by atoms with Crippen LogP contribution in [0.15, 0.2) is 28.8 Å². The van der Waals surface area contributed by atoms with E-state index < -0.39 is 22.3 Å². The van der Waals surface area contributed by atoms with Crippen LogP contribution in [0, 0.1) is 10.1 Å². The molecule has 0 saturated carbocycles. The van der Waals surface area contributed by atoms with Gasteiger partial charge in [-0.3, -0.25) is 10.1 Å². The van der Waals surface area contributed by atoms with E-state index in [-0.39, 0.29) is 11.5 Å². The third kappa shape index (κ3) is 2.37. The third-order valence-corrected chi connectivity index (χ3v) is 2.36. The van der Waals surface area contributed by atoms with Gasteiger partial charge in [-0.05, 0) is 12.1 Å². The van der Waals surface area contributed by atoms with Crippen LogP contribution in [0.1, 0.15) is 10.5 Å². The van der Waals surface area contributed by atoms with Crippen LogP contribution in [0.4, 0.5) is 5.69 Å². The zero-order valence-corrected chi connectivity index (χ0v) is 9.69. The number of aromatic nitrogens is 1. The lowest BCUT2D eigenvalue weighted by molar-refractivity contribution is -0.385. The van der Waals surface area contributed by atoms with Gasteiger partial charge in [-0.15, -0.1) is 0 Å². The monoisotopic (exact) mass is 264 g/mol. The second-order valence-corrected chi connectivity index (χ2v) is 3.53. The third-order valence-electron chi connectivity index (χ3n) is 2.36. The summed E-state index contributed by atoms with van der Waals surface area (Å²) in [5.41, 5.74) is -0.200. The van der Waals surface area contributed by atoms with Gasteiger partial charge in [0.25, 0.3) is 0 Å². The van der Waals surface area contributed by atoms with Crippen LogP contribution in [0.5, 0.6) is 5.75 Å². The highest BCUT2D eigenvalue weighted by Crippen LogP contribution is 2.31. The summed E-state index contributed by atoms with van der Waals surface area (Å²) in [6, 6.07) is 4.98. The van der Waals surface area contributed by atoms with Crippen molar-refractivity contribution in [3.63, 3.8) is 0 Å². The zero-order valence-electron chi connectivity index (χ0n) is 9.69. The molecule has 0 spiro atoms. The molecule has 1 heterocycles. The van der Waals surface area contributed by atoms with E-state index in [2.05, 4.69) is 9.89 Å². The lowest BCUT2D eigenvalue weighted by atomic mass is 10.1. The Bertz CT molecular complexity index is 648. The molecule has 8 nitrogen and oxygen atoms in total. The molecular formula is C11H8N2O6. The highest BCUT2D eigenvalue weighted by Gasteiger charge is 2.18. The molecule has 1 aromatic heterocycles. The minimum atomic E-state index is -0.726. The molecule has 0 bridgehead atoms. The van der Waals surface area contributed by atoms with Crippen LogP contribution in [-0.2, 0) is 4.74 Å². The molecule has 0 fully saturated rings. The fourth-order valence-corrected chi connectivity index (χ4v) is 1.43. The summed E-state index contributed by atoms with van der Waals surface area (Å²) in [5, 5.41) is 23.5. The minimum absolute atomic E-state index is 0.0479. The fourth-order valence-electron chi connectivity index (χ4n) is 1.43. The predicted octanol–water partition coefficient (Wildman–Crippen LogP) is 1.74. The van der Waals surface area contributed by atoms with Crippen LogP contribution in [0.3, 0.4) is 0 Å². The number of hydrogen-bond acceptors (Lipinski definition) is 7. The molecule has 0 radical (unpaired) electrons. The number of nitrogens with zero attached hydrogens (tertiary/aromatic N) is 2. The zero-order chi connectivity index (χ0) is 14.0. The van der Waals surface area contributed by atoms with Gasteiger partial charge in [0.1, 0.15) is 0 Å². The molecule has 1 aromatic carbocycles. The Morgan fingerprint density at radius 1 is 1.47 bits per heavy atom. The molecule has 2 rings (SSSR count). The van der Waals surface area contributed by atoms with Gasteiger partial charge in [-0.25, -0.2) is 4.79 Å². The molecule has 8 heteroatoms. The molecule has 98 valence electrons. The minimum Gasteiger partial charge on any atom is -0.502 e. The maximum atomic E-state index is 11.2. The van der Waals surface area contributed by atoms with Gasteiger partial charge in [-0.1, -0.05) is 5.16 Å². The molecule has 1 N–H and O–H groups in total. The van der Waals surface area contributed by atoms with Crippen LogP contribution in [0.2, 0.25) is 0 Å². The van der Waals surface area contributed by atoms with Gasteiger partial charge in [0.2, 0.25) is 0 Å². The number of carbonyl (C=O) groups is 1. The summed E-state index contributed by atoms with van der Waals surface area (Å²) in [5.74, 6) is -0.978. The molecule has 2 aromatic rings. The van der Waals surface area contributed by atoms with Crippen molar-refractivity contribution < 1.29 is 24.1 Å². The van der Waals surface area contributed by atoms with Gasteiger partial charge in [0.05, 0.1) is 12.0 Å². The number of carbonyl (C=O) groups excluding carboxylic acids is 1. The number of nitro benzene ring substituents is 1. The SMILES string of the molecule is COC(=O)c1cc(-c2ccc(O)c([N+](=O)[O-])c2)on1. The van der Waals surface area contributed by atoms with E-state index in [4.69, 9.17) is 4.52 Å². The number of nitro groups is 1. The molecule has 0 saturated heterocycles. The Balaban J connectivity index is 2.42. The smallest absolute Gasteiger partial charge is 0.360 e. The van der Waals surface area contributed by atoms with Crippen molar-refractivity contribution in [2.45, 2.75) is 0 Å². The molecule has 0 aliphatic carbocycles. The lowest BCUT2D eigenvalue weighted by Gasteiger charge is -1.98. The molecule has 0 atom stereocenters. The summed E-state index contributed by atoms with van der Waals surface area (Å²) >= 11 is 0. The maximum absolute atomic E-state index is 11.2. The standard InChI is InChI=1S/C11H8N2O6/c1-18-11(15)7-5-10(19-12-7)6-2-3-9(14)8(4-6)13(16)17/h2-5,14H,1H3. The van der Waals surface area contributed by atoms with Crippen LogP contribution < -0.4 is 0 Å². The van der Waals surface area contributed by atoms with Crippen molar-refractivity contribution in [1.82, 2.24) is 5.16 Å². The van der Waals surface area contributed by atoms with E-state index in [1.54, 1.807) is 0 Å². The first-order chi connectivity index (χ1) is 9.02. The molecular weight excluding hydrogens is 256 g/mol. The number of phenolic OH excluding ortho intramolecular Hbond substituents is 1. The number of aromatic hydroxyl groups is 1. The maximum Gasteiger partial charge on any atom is 0.360 e. The van der Waals surface area contributed by atoms with Crippen molar-refractivity contribution in [2.75, 3.05) is 7.11 Å². The number of hydrogen-bond donors (Lipinski definition) is 1. The van der Waals surface area contributed by atoms with Gasteiger partial charge in [0, 0.05) is 17.7 Å². The van der Waals surface area contributed by atoms with Crippen LogP contribution in [0.25, 0.3) is 11.3 Å². The van der Waals surface area contributed by atoms with E-state index in [1.807, 2.05) is 0 Å². The van der Waals surface area contributed by atoms with Crippen LogP contribution in [-0.4, -0.2) is 28.3 Å². The van der Waals surface area contributed by atoms with Crippen molar-refractivity contribution in [3.05, 3.63) is 40.1 Å². The van der Waals surface area contributed by atoms with Crippen molar-refractivity contribution in [3.8, 4) is 17.1 Å². The number of ether oxygens (including phenoxy) is 1. The highest BCUT2D eigenvalue weighted by molar-refractivity contribution is 5.88. The van der Waals surface area contributed by atoms with Crippen molar-refractivity contribution >= 4 is 11.7 Å². The molecule has 0 aliphatic rings. The molecule has 19 heavy (non-hydrogen) atoms. The number of phenols is 1. The van der Waals surface area contributed by atoms with Crippen LogP contribution >= 0.6 is 0 Å². The van der Waals surface area contributed by atoms with Crippen molar-refractivity contribution in [1.29, 1.82) is 0 Å². The Morgan fingerprint density at radius 3 is 2.84 bits per heavy atom. The summed E-state index contributed by atoms with van der Waals surface area (Å²) in [4.78, 5) is 21.2. The van der Waals surface area contributed by atoms with Gasteiger partial charge in [-0.2, -0.15) is 0 Å². The van der Waals surface area contributed by atoms with Gasteiger partial charge < -0.3 is 14.4 Å². The summed E-state index contributed by atoms with van der Waals surface area (Å²) in [7, 11) is 1.20. The first-order valence-corrected chi connectivity index (χ1v) is 5.05. The average Bonchev–Trinajstić information content (AvgIpc) is 2.87. The highest BCUT2D eigenvalue weighted by atomic mass is 16.6. The molecule has 0 aliphatic heterocycles. The van der Waals surface area contributed by atoms with Gasteiger partial charge >= 0.3 is 11.7 Å². The number of rotatable bonds is 3. The van der Waals surface area contributed by atoms with E-state index in [1.165, 1.54) is 19.2 Å². The molecule has 0 unspecified atom stereocenters. The normalized spacial score (nSPS) is 10.2. The quantitative estimate of drug-likeness (QED) is 0.509. The largest absolute Gasteiger partial charge is 0.502 e.